The van der Waals surface area contributed by atoms with Gasteiger partial charge in [0.15, 0.2) is 15.6 Å². The van der Waals surface area contributed by atoms with E-state index in [2.05, 4.69) is 0 Å². The summed E-state index contributed by atoms with van der Waals surface area (Å²) in [5.41, 5.74) is -1.26. The van der Waals surface area contributed by atoms with Crippen molar-refractivity contribution in [2.75, 3.05) is 18.1 Å². The molecule has 0 saturated carbocycles. The van der Waals surface area contributed by atoms with Gasteiger partial charge in [0.2, 0.25) is 0 Å². The van der Waals surface area contributed by atoms with Crippen molar-refractivity contribution in [2.45, 2.75) is 27.2 Å². The summed E-state index contributed by atoms with van der Waals surface area (Å²) in [6.45, 7) is 4.84. The van der Waals surface area contributed by atoms with E-state index in [9.17, 15) is 18.0 Å². The Morgan fingerprint density at radius 2 is 1.94 bits per heavy atom. The van der Waals surface area contributed by atoms with Gasteiger partial charge in [-0.25, -0.2) is 8.42 Å². The normalized spacial score (nSPS) is 23.4. The second-order valence-electron chi connectivity index (χ2n) is 4.81. The molecule has 1 unspecified atom stereocenters. The number of carbonyl (C=O) groups is 2. The first-order chi connectivity index (χ1) is 7.70. The van der Waals surface area contributed by atoms with Crippen LogP contribution in [-0.4, -0.2) is 38.3 Å². The average molecular weight is 262 g/mol. The van der Waals surface area contributed by atoms with E-state index in [1.165, 1.54) is 13.8 Å². The molecule has 0 bridgehead atoms. The number of carbonyl (C=O) groups excluding carboxylic acids is 2. The topological polar surface area (TPSA) is 77.5 Å². The van der Waals surface area contributed by atoms with Gasteiger partial charge in [0.05, 0.1) is 18.1 Å². The summed E-state index contributed by atoms with van der Waals surface area (Å²) < 4.78 is 27.4. The highest BCUT2D eigenvalue weighted by molar-refractivity contribution is 7.91. The molecule has 0 radical (unpaired) electrons. The zero-order valence-corrected chi connectivity index (χ0v) is 11.2. The Morgan fingerprint density at radius 1 is 1.35 bits per heavy atom. The predicted octanol–water partition coefficient (Wildman–Crippen LogP) is 0.579. The minimum Gasteiger partial charge on any atom is -0.465 e. The number of rotatable bonds is 4. The lowest BCUT2D eigenvalue weighted by Gasteiger charge is -2.23. The average Bonchev–Trinajstić information content (AvgIpc) is 2.58. The van der Waals surface area contributed by atoms with Crippen molar-refractivity contribution in [2.24, 2.45) is 11.3 Å². The number of hydrogen-bond acceptors (Lipinski definition) is 5. The van der Waals surface area contributed by atoms with Crippen molar-refractivity contribution in [1.82, 2.24) is 0 Å². The molecule has 0 aromatic rings. The SMILES string of the molecule is CCOC(=O)C(C)(C)C(=O)C1CCS(=O)(=O)C1. The molecule has 1 heterocycles. The molecule has 1 fully saturated rings. The van der Waals surface area contributed by atoms with Crippen molar-refractivity contribution in [3.05, 3.63) is 0 Å². The summed E-state index contributed by atoms with van der Waals surface area (Å²) in [6, 6.07) is 0. The number of Topliss-reactive ketones (excluding diaryl/α,β-unsaturated/α-hetero) is 1. The van der Waals surface area contributed by atoms with Crippen molar-refractivity contribution < 1.29 is 22.7 Å². The van der Waals surface area contributed by atoms with Crippen LogP contribution in [0.5, 0.6) is 0 Å². The van der Waals surface area contributed by atoms with E-state index >= 15 is 0 Å². The van der Waals surface area contributed by atoms with Crippen LogP contribution in [0.4, 0.5) is 0 Å². The Kier molecular flexibility index (Phi) is 3.96. The summed E-state index contributed by atoms with van der Waals surface area (Å²) in [5.74, 6) is -1.61. The second-order valence-corrected chi connectivity index (χ2v) is 7.04. The van der Waals surface area contributed by atoms with Crippen LogP contribution in [0.3, 0.4) is 0 Å². The van der Waals surface area contributed by atoms with Gasteiger partial charge in [-0.2, -0.15) is 0 Å². The van der Waals surface area contributed by atoms with Gasteiger partial charge in [0.1, 0.15) is 5.41 Å². The van der Waals surface area contributed by atoms with Gasteiger partial charge in [-0.3, -0.25) is 9.59 Å². The largest absolute Gasteiger partial charge is 0.465 e. The molecule has 0 amide bonds. The van der Waals surface area contributed by atoms with Crippen LogP contribution in [0.1, 0.15) is 27.2 Å². The fourth-order valence-corrected chi connectivity index (χ4v) is 3.67. The molecule has 0 spiro atoms. The van der Waals surface area contributed by atoms with Gasteiger partial charge in [-0.15, -0.1) is 0 Å². The Bertz CT molecular complexity index is 421. The molecule has 1 aliphatic rings. The lowest BCUT2D eigenvalue weighted by molar-refractivity contribution is -0.158. The Morgan fingerprint density at radius 3 is 2.35 bits per heavy atom. The van der Waals surface area contributed by atoms with Gasteiger partial charge in [-0.1, -0.05) is 0 Å². The Balaban J connectivity index is 2.80. The monoisotopic (exact) mass is 262 g/mol. The summed E-state index contributed by atoms with van der Waals surface area (Å²) >= 11 is 0. The molecule has 1 aliphatic heterocycles. The van der Waals surface area contributed by atoms with Gasteiger partial charge < -0.3 is 4.74 Å². The lowest BCUT2D eigenvalue weighted by atomic mass is 9.81. The molecule has 5 nitrogen and oxygen atoms in total. The van der Waals surface area contributed by atoms with Crippen molar-refractivity contribution in [3.63, 3.8) is 0 Å². The maximum Gasteiger partial charge on any atom is 0.319 e. The van der Waals surface area contributed by atoms with Gasteiger partial charge in [0.25, 0.3) is 0 Å². The van der Waals surface area contributed by atoms with Gasteiger partial charge in [-0.05, 0) is 27.2 Å². The molecule has 0 aromatic carbocycles. The van der Waals surface area contributed by atoms with E-state index in [1.54, 1.807) is 6.92 Å². The van der Waals surface area contributed by atoms with Crippen LogP contribution in [0, 0.1) is 11.3 Å². The minimum absolute atomic E-state index is 0.0301. The second kappa shape index (κ2) is 4.76. The summed E-state index contributed by atoms with van der Waals surface area (Å²) in [5, 5.41) is 0. The Hall–Kier alpha value is -0.910. The van der Waals surface area contributed by atoms with Crippen LogP contribution in [0.25, 0.3) is 0 Å². The minimum atomic E-state index is -3.11. The summed E-state index contributed by atoms with van der Waals surface area (Å²) in [7, 11) is -3.11. The fraction of sp³-hybridized carbons (Fsp3) is 0.818. The van der Waals surface area contributed by atoms with E-state index in [0.717, 1.165) is 0 Å². The van der Waals surface area contributed by atoms with E-state index in [-0.39, 0.29) is 23.9 Å². The number of esters is 1. The molecule has 1 rings (SSSR count). The predicted molar refractivity (Wildman–Crippen MR) is 62.2 cm³/mol. The van der Waals surface area contributed by atoms with Crippen LogP contribution in [0.15, 0.2) is 0 Å². The maximum atomic E-state index is 12.1. The molecule has 17 heavy (non-hydrogen) atoms. The molecule has 0 aliphatic carbocycles. The molecule has 1 saturated heterocycles. The number of hydrogen-bond donors (Lipinski definition) is 0. The number of sulfone groups is 1. The Labute approximate surface area is 101 Å². The van der Waals surface area contributed by atoms with Gasteiger partial charge >= 0.3 is 5.97 Å². The van der Waals surface area contributed by atoms with E-state index < -0.39 is 27.1 Å². The first-order valence-electron chi connectivity index (χ1n) is 5.62. The third-order valence-electron chi connectivity index (χ3n) is 3.00. The fourth-order valence-electron chi connectivity index (χ4n) is 1.92. The quantitative estimate of drug-likeness (QED) is 0.547. The maximum absolute atomic E-state index is 12.1. The van der Waals surface area contributed by atoms with E-state index in [1.807, 2.05) is 0 Å². The van der Waals surface area contributed by atoms with Crippen molar-refractivity contribution in [1.29, 1.82) is 0 Å². The molecular weight excluding hydrogens is 244 g/mol. The van der Waals surface area contributed by atoms with Crippen LogP contribution in [0.2, 0.25) is 0 Å². The summed E-state index contributed by atoms with van der Waals surface area (Å²) in [6.07, 6.45) is 0.310. The first kappa shape index (κ1) is 14.2. The molecular formula is C11H18O5S. The van der Waals surface area contributed by atoms with Gasteiger partial charge in [0, 0.05) is 5.92 Å². The molecule has 98 valence electrons. The molecule has 0 N–H and O–H groups in total. The zero-order valence-electron chi connectivity index (χ0n) is 10.4. The molecule has 0 aromatic heterocycles. The highest BCUT2D eigenvalue weighted by Crippen LogP contribution is 2.29. The zero-order chi connectivity index (χ0) is 13.3. The summed E-state index contributed by atoms with van der Waals surface area (Å²) in [4.78, 5) is 23.7. The van der Waals surface area contributed by atoms with Crippen LogP contribution >= 0.6 is 0 Å². The van der Waals surface area contributed by atoms with Crippen molar-refractivity contribution >= 4 is 21.6 Å². The lowest BCUT2D eigenvalue weighted by Crippen LogP contribution is -2.39. The van der Waals surface area contributed by atoms with Crippen LogP contribution in [-0.2, 0) is 24.2 Å². The number of ether oxygens (including phenoxy) is 1. The van der Waals surface area contributed by atoms with E-state index in [0.29, 0.717) is 6.42 Å². The first-order valence-corrected chi connectivity index (χ1v) is 7.45. The smallest absolute Gasteiger partial charge is 0.319 e. The third-order valence-corrected chi connectivity index (χ3v) is 4.77. The van der Waals surface area contributed by atoms with Crippen LogP contribution < -0.4 is 0 Å². The molecule has 6 heteroatoms. The van der Waals surface area contributed by atoms with E-state index in [4.69, 9.17) is 4.74 Å². The standard InChI is InChI=1S/C11H18O5S/c1-4-16-10(13)11(2,3)9(12)8-5-6-17(14,15)7-8/h8H,4-7H2,1-3H3. The number of ketones is 1. The molecule has 1 atom stereocenters. The van der Waals surface area contributed by atoms with Crippen molar-refractivity contribution in [3.8, 4) is 0 Å². The highest BCUT2D eigenvalue weighted by Gasteiger charge is 2.44. The third kappa shape index (κ3) is 3.06. The highest BCUT2D eigenvalue weighted by atomic mass is 32.2.